The molecule has 0 heterocycles. The molecular formula is C30H35Cl2N3O4S. The third kappa shape index (κ3) is 8.22. The average Bonchev–Trinajstić information content (AvgIpc) is 2.93. The van der Waals surface area contributed by atoms with Gasteiger partial charge in [0.2, 0.25) is 11.8 Å². The number of aryl methyl sites for hydroxylation is 1. The Bertz CT molecular complexity index is 1380. The van der Waals surface area contributed by atoms with Crippen molar-refractivity contribution >= 4 is 50.7 Å². The van der Waals surface area contributed by atoms with Crippen LogP contribution in [-0.4, -0.2) is 44.3 Å². The number of carbonyl (C=O) groups is 2. The molecule has 0 bridgehead atoms. The number of halogens is 2. The first-order chi connectivity index (χ1) is 19.1. The number of unbranched alkanes of at least 4 members (excludes halogenated alkanes) is 1. The molecule has 0 fully saturated rings. The zero-order valence-electron chi connectivity index (χ0n) is 22.9. The first-order valence-corrected chi connectivity index (χ1v) is 15.4. The van der Waals surface area contributed by atoms with Crippen LogP contribution in [0.1, 0.15) is 44.2 Å². The van der Waals surface area contributed by atoms with Gasteiger partial charge in [-0.1, -0.05) is 73.3 Å². The van der Waals surface area contributed by atoms with E-state index in [1.807, 2.05) is 20.8 Å². The van der Waals surface area contributed by atoms with E-state index < -0.39 is 28.5 Å². The normalized spacial score (nSPS) is 12.0. The molecule has 3 aromatic carbocycles. The highest BCUT2D eigenvalue weighted by Crippen LogP contribution is 2.26. The second-order valence-electron chi connectivity index (χ2n) is 9.52. The van der Waals surface area contributed by atoms with E-state index in [4.69, 9.17) is 23.2 Å². The van der Waals surface area contributed by atoms with E-state index in [0.717, 1.165) is 28.3 Å². The van der Waals surface area contributed by atoms with Gasteiger partial charge in [0.15, 0.2) is 0 Å². The van der Waals surface area contributed by atoms with Crippen molar-refractivity contribution in [1.29, 1.82) is 0 Å². The topological polar surface area (TPSA) is 86.8 Å². The van der Waals surface area contributed by atoms with Crippen molar-refractivity contribution in [2.24, 2.45) is 0 Å². The number of hydrogen-bond acceptors (Lipinski definition) is 4. The third-order valence-electron chi connectivity index (χ3n) is 6.48. The maximum Gasteiger partial charge on any atom is 0.264 e. The van der Waals surface area contributed by atoms with Crippen LogP contribution >= 0.6 is 23.2 Å². The van der Waals surface area contributed by atoms with Gasteiger partial charge in [-0.05, 0) is 73.9 Å². The van der Waals surface area contributed by atoms with Gasteiger partial charge in [0.1, 0.15) is 12.6 Å². The third-order valence-corrected chi connectivity index (χ3v) is 8.78. The molecule has 1 atom stereocenters. The van der Waals surface area contributed by atoms with Gasteiger partial charge in [-0.2, -0.15) is 0 Å². The van der Waals surface area contributed by atoms with E-state index in [-0.39, 0.29) is 17.3 Å². The second kappa shape index (κ2) is 14.5. The van der Waals surface area contributed by atoms with Crippen LogP contribution in [0.2, 0.25) is 10.0 Å². The summed E-state index contributed by atoms with van der Waals surface area (Å²) >= 11 is 12.1. The Morgan fingerprint density at radius 2 is 1.45 bits per heavy atom. The molecule has 2 amide bonds. The lowest BCUT2D eigenvalue weighted by molar-refractivity contribution is -0.140. The van der Waals surface area contributed by atoms with Gasteiger partial charge in [-0.3, -0.25) is 13.9 Å². The van der Waals surface area contributed by atoms with Crippen molar-refractivity contribution in [3.63, 3.8) is 0 Å². The van der Waals surface area contributed by atoms with Crippen LogP contribution in [0.3, 0.4) is 0 Å². The Balaban J connectivity index is 2.02. The first-order valence-electron chi connectivity index (χ1n) is 13.2. The fourth-order valence-electron chi connectivity index (χ4n) is 4.19. The fourth-order valence-corrected chi connectivity index (χ4v) is 5.85. The van der Waals surface area contributed by atoms with Crippen molar-refractivity contribution in [2.45, 2.75) is 57.5 Å². The molecule has 0 unspecified atom stereocenters. The van der Waals surface area contributed by atoms with E-state index in [2.05, 4.69) is 5.32 Å². The number of rotatable bonds is 13. The monoisotopic (exact) mass is 603 g/mol. The van der Waals surface area contributed by atoms with Crippen LogP contribution in [0.4, 0.5) is 5.69 Å². The summed E-state index contributed by atoms with van der Waals surface area (Å²) < 4.78 is 28.8. The molecule has 0 aliphatic carbocycles. The van der Waals surface area contributed by atoms with Crippen LogP contribution in [0.15, 0.2) is 77.7 Å². The minimum atomic E-state index is -4.15. The highest BCUT2D eigenvalue weighted by molar-refractivity contribution is 7.92. The standard InChI is InChI=1S/C30H35Cl2N3O4S/c1-4-6-19-33-30(37)28(5-2)34(20-23-9-11-24(31)12-10-23)29(36)21-35(26-15-7-22(3)8-16-26)40(38,39)27-17-13-25(32)14-18-27/h7-18,28H,4-6,19-21H2,1-3H3,(H,33,37)/t28-/m1/s1. The molecule has 3 rings (SSSR count). The number of nitrogens with zero attached hydrogens (tertiary/aromatic N) is 2. The van der Waals surface area contributed by atoms with Crippen molar-refractivity contribution in [2.75, 3.05) is 17.4 Å². The Kier molecular flexibility index (Phi) is 11.4. The van der Waals surface area contributed by atoms with Gasteiger partial charge in [0, 0.05) is 23.1 Å². The number of benzene rings is 3. The number of amides is 2. The number of anilines is 1. The van der Waals surface area contributed by atoms with Crippen molar-refractivity contribution in [3.8, 4) is 0 Å². The van der Waals surface area contributed by atoms with E-state index in [9.17, 15) is 18.0 Å². The largest absolute Gasteiger partial charge is 0.354 e. The number of carbonyl (C=O) groups excluding carboxylic acids is 2. The Morgan fingerprint density at radius 3 is 2.00 bits per heavy atom. The Morgan fingerprint density at radius 1 is 0.875 bits per heavy atom. The van der Waals surface area contributed by atoms with E-state index in [1.54, 1.807) is 48.5 Å². The van der Waals surface area contributed by atoms with E-state index in [1.165, 1.54) is 29.2 Å². The number of sulfonamides is 1. The summed E-state index contributed by atoms with van der Waals surface area (Å²) in [6.07, 6.45) is 2.08. The summed E-state index contributed by atoms with van der Waals surface area (Å²) in [6.45, 7) is 5.85. The second-order valence-corrected chi connectivity index (χ2v) is 12.3. The molecule has 0 saturated heterocycles. The lowest BCUT2D eigenvalue weighted by atomic mass is 10.1. The minimum Gasteiger partial charge on any atom is -0.354 e. The van der Waals surface area contributed by atoms with Crippen LogP contribution in [-0.2, 0) is 26.2 Å². The summed E-state index contributed by atoms with van der Waals surface area (Å²) in [5.74, 6) is -0.786. The minimum absolute atomic E-state index is 0.00104. The van der Waals surface area contributed by atoms with Crippen molar-refractivity contribution in [3.05, 3.63) is 94.0 Å². The SMILES string of the molecule is CCCCNC(=O)[C@@H](CC)N(Cc1ccc(Cl)cc1)C(=O)CN(c1ccc(C)cc1)S(=O)(=O)c1ccc(Cl)cc1. The Hall–Kier alpha value is -3.07. The van der Waals surface area contributed by atoms with Crippen LogP contribution < -0.4 is 9.62 Å². The number of hydrogen-bond donors (Lipinski definition) is 1. The molecule has 0 radical (unpaired) electrons. The quantitative estimate of drug-likeness (QED) is 0.235. The molecule has 10 heteroatoms. The molecule has 0 saturated carbocycles. The molecular weight excluding hydrogens is 569 g/mol. The summed E-state index contributed by atoms with van der Waals surface area (Å²) in [5.41, 5.74) is 2.04. The molecule has 214 valence electrons. The molecule has 0 aromatic heterocycles. The lowest BCUT2D eigenvalue weighted by Crippen LogP contribution is -2.52. The number of nitrogens with one attached hydrogen (secondary N) is 1. The van der Waals surface area contributed by atoms with Crippen LogP contribution in [0.5, 0.6) is 0 Å². The smallest absolute Gasteiger partial charge is 0.264 e. The molecule has 1 N–H and O–H groups in total. The summed E-state index contributed by atoms with van der Waals surface area (Å²) in [7, 11) is -4.15. The maximum atomic E-state index is 14.0. The van der Waals surface area contributed by atoms with E-state index >= 15 is 0 Å². The van der Waals surface area contributed by atoms with E-state index in [0.29, 0.717) is 28.7 Å². The van der Waals surface area contributed by atoms with Crippen molar-refractivity contribution < 1.29 is 18.0 Å². The molecule has 7 nitrogen and oxygen atoms in total. The predicted octanol–water partition coefficient (Wildman–Crippen LogP) is 6.22. The van der Waals surface area contributed by atoms with Gasteiger partial charge >= 0.3 is 0 Å². The van der Waals surface area contributed by atoms with Gasteiger partial charge in [0.25, 0.3) is 10.0 Å². The lowest BCUT2D eigenvalue weighted by Gasteiger charge is -2.33. The summed E-state index contributed by atoms with van der Waals surface area (Å²) in [5, 5.41) is 3.86. The van der Waals surface area contributed by atoms with Crippen LogP contribution in [0, 0.1) is 6.92 Å². The highest BCUT2D eigenvalue weighted by Gasteiger charge is 2.33. The fraction of sp³-hybridized carbons (Fsp3) is 0.333. The molecule has 0 aliphatic rings. The molecule has 3 aromatic rings. The van der Waals surface area contributed by atoms with Crippen molar-refractivity contribution in [1.82, 2.24) is 10.2 Å². The predicted molar refractivity (Wildman–Crippen MR) is 161 cm³/mol. The molecule has 0 spiro atoms. The maximum absolute atomic E-state index is 14.0. The Labute approximate surface area is 247 Å². The molecule has 40 heavy (non-hydrogen) atoms. The first kappa shape index (κ1) is 31.5. The van der Waals surface area contributed by atoms with Crippen LogP contribution in [0.25, 0.3) is 0 Å². The zero-order chi connectivity index (χ0) is 29.3. The van der Waals surface area contributed by atoms with Gasteiger partial charge < -0.3 is 10.2 Å². The van der Waals surface area contributed by atoms with Gasteiger partial charge in [0.05, 0.1) is 10.6 Å². The summed E-state index contributed by atoms with van der Waals surface area (Å²) in [6, 6.07) is 18.9. The average molecular weight is 605 g/mol. The van der Waals surface area contributed by atoms with Gasteiger partial charge in [-0.25, -0.2) is 8.42 Å². The van der Waals surface area contributed by atoms with Gasteiger partial charge in [-0.15, -0.1) is 0 Å². The zero-order valence-corrected chi connectivity index (χ0v) is 25.3. The summed E-state index contributed by atoms with van der Waals surface area (Å²) in [4.78, 5) is 28.7. The molecule has 0 aliphatic heterocycles. The highest BCUT2D eigenvalue weighted by atomic mass is 35.5.